The summed E-state index contributed by atoms with van der Waals surface area (Å²) in [6.45, 7) is 8.53. The van der Waals surface area contributed by atoms with Crippen LogP contribution in [0.15, 0.2) is 41.0 Å². The molecule has 1 aliphatic heterocycles. The van der Waals surface area contributed by atoms with E-state index in [4.69, 9.17) is 9.15 Å². The van der Waals surface area contributed by atoms with E-state index in [9.17, 15) is 0 Å². The lowest BCUT2D eigenvalue weighted by molar-refractivity contribution is 0.415. The maximum Gasteiger partial charge on any atom is 0.144 e. The van der Waals surface area contributed by atoms with Crippen LogP contribution >= 0.6 is 0 Å². The number of fused-ring (bicyclic) bond motifs is 1. The lowest BCUT2D eigenvalue weighted by Gasteiger charge is -2.33. The average molecular weight is 312 g/mol. The zero-order chi connectivity index (χ0) is 16.6. The molecular formula is C19H24N2O2. The van der Waals surface area contributed by atoms with Gasteiger partial charge in [0, 0.05) is 17.3 Å². The molecule has 2 aromatic rings. The molecule has 0 fully saturated rings. The summed E-state index contributed by atoms with van der Waals surface area (Å²) in [7, 11) is 1.71. The molecule has 0 aliphatic carbocycles. The first-order valence-electron chi connectivity index (χ1n) is 7.89. The minimum atomic E-state index is -0.0826. The molecule has 4 nitrogen and oxygen atoms in total. The van der Waals surface area contributed by atoms with Crippen LogP contribution in [0.5, 0.6) is 5.75 Å². The number of hydrogen-bond donors (Lipinski definition) is 2. The fraction of sp³-hybridized carbons (Fsp3) is 0.368. The fourth-order valence-corrected chi connectivity index (χ4v) is 3.14. The molecule has 0 saturated heterocycles. The third-order valence-corrected chi connectivity index (χ3v) is 4.12. The summed E-state index contributed by atoms with van der Waals surface area (Å²) in [6.07, 6.45) is 3.94. The number of allylic oxidation sites excluding steroid dienone is 1. The van der Waals surface area contributed by atoms with Gasteiger partial charge in [-0.1, -0.05) is 6.08 Å². The van der Waals surface area contributed by atoms with Gasteiger partial charge >= 0.3 is 0 Å². The normalized spacial score (nSPS) is 16.8. The van der Waals surface area contributed by atoms with Gasteiger partial charge in [-0.15, -0.1) is 0 Å². The maximum atomic E-state index is 5.61. The van der Waals surface area contributed by atoms with Crippen molar-refractivity contribution in [2.75, 3.05) is 17.7 Å². The predicted molar refractivity (Wildman–Crippen MR) is 95.1 cm³/mol. The quantitative estimate of drug-likeness (QED) is 0.827. The predicted octanol–water partition coefficient (Wildman–Crippen LogP) is 5.07. The van der Waals surface area contributed by atoms with E-state index < -0.39 is 0 Å². The number of ether oxygens (including phenoxy) is 1. The van der Waals surface area contributed by atoms with Gasteiger partial charge in [0.2, 0.25) is 0 Å². The smallest absolute Gasteiger partial charge is 0.144 e. The number of hydrogen-bond acceptors (Lipinski definition) is 4. The van der Waals surface area contributed by atoms with Gasteiger partial charge in [0.25, 0.3) is 0 Å². The third kappa shape index (κ3) is 3.07. The van der Waals surface area contributed by atoms with Crippen molar-refractivity contribution in [2.24, 2.45) is 0 Å². The standard InChI is InChI=1S/C19H24N2O2/c1-12-11-19(3,4)21-18-15(12)9-14(10-17(18)22-5)20-13(2)16-7-6-8-23-16/h6-11,13,20-21H,1-5H3. The summed E-state index contributed by atoms with van der Waals surface area (Å²) in [5.41, 5.74) is 4.39. The van der Waals surface area contributed by atoms with Crippen molar-refractivity contribution in [3.63, 3.8) is 0 Å². The van der Waals surface area contributed by atoms with Crippen molar-refractivity contribution in [2.45, 2.75) is 39.3 Å². The molecule has 1 aromatic heterocycles. The van der Waals surface area contributed by atoms with Crippen molar-refractivity contribution < 1.29 is 9.15 Å². The average Bonchev–Trinajstić information content (AvgIpc) is 3.00. The molecule has 0 bridgehead atoms. The van der Waals surface area contributed by atoms with Crippen LogP contribution in [-0.2, 0) is 0 Å². The topological polar surface area (TPSA) is 46.4 Å². The molecule has 0 radical (unpaired) electrons. The van der Waals surface area contributed by atoms with Crippen molar-refractivity contribution in [3.8, 4) is 5.75 Å². The van der Waals surface area contributed by atoms with Gasteiger partial charge in [0.1, 0.15) is 11.5 Å². The monoisotopic (exact) mass is 312 g/mol. The zero-order valence-corrected chi connectivity index (χ0v) is 14.4. The first-order valence-corrected chi connectivity index (χ1v) is 7.89. The second kappa shape index (κ2) is 5.69. The van der Waals surface area contributed by atoms with Gasteiger partial charge < -0.3 is 19.8 Å². The Morgan fingerprint density at radius 3 is 2.74 bits per heavy atom. The molecule has 23 heavy (non-hydrogen) atoms. The molecule has 0 spiro atoms. The van der Waals surface area contributed by atoms with Crippen LogP contribution in [0.4, 0.5) is 11.4 Å². The molecule has 1 aromatic carbocycles. The molecule has 2 heterocycles. The van der Waals surface area contributed by atoms with E-state index in [2.05, 4.69) is 50.5 Å². The van der Waals surface area contributed by atoms with Crippen LogP contribution in [0.1, 0.15) is 45.1 Å². The second-order valence-corrected chi connectivity index (χ2v) is 6.66. The highest BCUT2D eigenvalue weighted by atomic mass is 16.5. The molecule has 4 heteroatoms. The Bertz CT molecular complexity index is 730. The second-order valence-electron chi connectivity index (χ2n) is 6.66. The molecule has 0 saturated carbocycles. The highest BCUT2D eigenvalue weighted by Crippen LogP contribution is 2.42. The van der Waals surface area contributed by atoms with E-state index in [-0.39, 0.29) is 11.6 Å². The van der Waals surface area contributed by atoms with E-state index in [0.717, 1.165) is 28.4 Å². The summed E-state index contributed by atoms with van der Waals surface area (Å²) in [4.78, 5) is 0. The van der Waals surface area contributed by atoms with Crippen molar-refractivity contribution in [1.82, 2.24) is 0 Å². The molecule has 122 valence electrons. The molecule has 1 aliphatic rings. The molecule has 0 amide bonds. The Morgan fingerprint density at radius 1 is 1.30 bits per heavy atom. The van der Waals surface area contributed by atoms with Gasteiger partial charge in [-0.25, -0.2) is 0 Å². The van der Waals surface area contributed by atoms with E-state index in [0.29, 0.717) is 0 Å². The first kappa shape index (κ1) is 15.5. The molecule has 2 N–H and O–H groups in total. The van der Waals surface area contributed by atoms with Crippen molar-refractivity contribution in [3.05, 3.63) is 47.9 Å². The van der Waals surface area contributed by atoms with E-state index >= 15 is 0 Å². The Morgan fingerprint density at radius 2 is 2.09 bits per heavy atom. The number of nitrogens with one attached hydrogen (secondary N) is 2. The summed E-state index contributed by atoms with van der Waals surface area (Å²) in [6, 6.07) is 8.15. The molecule has 3 rings (SSSR count). The van der Waals surface area contributed by atoms with Crippen LogP contribution in [0.25, 0.3) is 5.57 Å². The third-order valence-electron chi connectivity index (χ3n) is 4.12. The van der Waals surface area contributed by atoms with Gasteiger partial charge in [0.15, 0.2) is 0 Å². The van der Waals surface area contributed by atoms with E-state index in [1.54, 1.807) is 13.4 Å². The Balaban J connectivity index is 1.97. The van der Waals surface area contributed by atoms with Gasteiger partial charge in [-0.3, -0.25) is 0 Å². The molecular weight excluding hydrogens is 288 g/mol. The van der Waals surface area contributed by atoms with Crippen LogP contribution < -0.4 is 15.4 Å². The van der Waals surface area contributed by atoms with Crippen LogP contribution in [0.2, 0.25) is 0 Å². The largest absolute Gasteiger partial charge is 0.494 e. The van der Waals surface area contributed by atoms with Crippen LogP contribution in [0.3, 0.4) is 0 Å². The summed E-state index contributed by atoms with van der Waals surface area (Å²) < 4.78 is 11.1. The highest BCUT2D eigenvalue weighted by molar-refractivity contribution is 5.86. The maximum absolute atomic E-state index is 5.61. The Hall–Kier alpha value is -2.36. The minimum Gasteiger partial charge on any atom is -0.494 e. The summed E-state index contributed by atoms with van der Waals surface area (Å²) in [5, 5.41) is 7.03. The summed E-state index contributed by atoms with van der Waals surface area (Å²) in [5.74, 6) is 1.75. The van der Waals surface area contributed by atoms with Gasteiger partial charge in [-0.05, 0) is 51.5 Å². The number of methoxy groups -OCH3 is 1. The molecule has 1 unspecified atom stereocenters. The first-order chi connectivity index (χ1) is 10.9. The van der Waals surface area contributed by atoms with Crippen molar-refractivity contribution >= 4 is 16.9 Å². The number of furan rings is 1. The zero-order valence-electron chi connectivity index (χ0n) is 14.4. The van der Waals surface area contributed by atoms with Crippen LogP contribution in [0, 0.1) is 0 Å². The van der Waals surface area contributed by atoms with Crippen LogP contribution in [-0.4, -0.2) is 12.6 Å². The van der Waals surface area contributed by atoms with Crippen molar-refractivity contribution in [1.29, 1.82) is 0 Å². The summed E-state index contributed by atoms with van der Waals surface area (Å²) >= 11 is 0. The van der Waals surface area contributed by atoms with Gasteiger partial charge in [-0.2, -0.15) is 0 Å². The highest BCUT2D eigenvalue weighted by Gasteiger charge is 2.26. The van der Waals surface area contributed by atoms with E-state index in [1.807, 2.05) is 18.2 Å². The number of benzene rings is 1. The van der Waals surface area contributed by atoms with Gasteiger partial charge in [0.05, 0.1) is 30.6 Å². The Labute approximate surface area is 137 Å². The molecule has 1 atom stereocenters. The SMILES string of the molecule is COc1cc(NC(C)c2ccco2)cc2c1NC(C)(C)C=C2C. The Kier molecular flexibility index (Phi) is 3.84. The lowest BCUT2D eigenvalue weighted by Crippen LogP contribution is -2.31. The lowest BCUT2D eigenvalue weighted by atomic mass is 9.90. The minimum absolute atomic E-state index is 0.0826. The number of anilines is 2. The fourth-order valence-electron chi connectivity index (χ4n) is 3.14. The van der Waals surface area contributed by atoms with E-state index in [1.165, 1.54) is 5.57 Å². The number of rotatable bonds is 4.